The molecular formula is C30H44O. The number of unbranched alkanes of at least 4 members (excludes halogenated alkanes) is 6. The molecule has 0 spiro atoms. The number of aromatic hydroxyl groups is 1. The van der Waals surface area contributed by atoms with Crippen molar-refractivity contribution in [3.63, 3.8) is 0 Å². The van der Waals surface area contributed by atoms with E-state index in [9.17, 15) is 5.11 Å². The molecular weight excluding hydrogens is 376 g/mol. The molecule has 1 atom stereocenters. The van der Waals surface area contributed by atoms with Crippen LogP contribution < -0.4 is 0 Å². The monoisotopic (exact) mass is 420 g/mol. The van der Waals surface area contributed by atoms with Crippen LogP contribution in [0.5, 0.6) is 5.75 Å². The second-order valence-corrected chi connectivity index (χ2v) is 9.74. The van der Waals surface area contributed by atoms with Crippen molar-refractivity contribution in [3.8, 4) is 5.75 Å². The van der Waals surface area contributed by atoms with E-state index in [4.69, 9.17) is 0 Å². The largest absolute Gasteiger partial charge is 0.507 e. The van der Waals surface area contributed by atoms with Gasteiger partial charge in [0.1, 0.15) is 5.75 Å². The van der Waals surface area contributed by atoms with Crippen molar-refractivity contribution in [2.45, 2.75) is 104 Å². The minimum Gasteiger partial charge on any atom is -0.507 e. The minimum atomic E-state index is -0.133. The molecule has 0 amide bonds. The normalized spacial score (nSPS) is 12.7. The van der Waals surface area contributed by atoms with Crippen LogP contribution in [0.3, 0.4) is 0 Å². The molecule has 170 valence electrons. The second kappa shape index (κ2) is 12.1. The van der Waals surface area contributed by atoms with Crippen molar-refractivity contribution in [2.24, 2.45) is 0 Å². The van der Waals surface area contributed by atoms with E-state index in [1.165, 1.54) is 49.7 Å². The van der Waals surface area contributed by atoms with Crippen LogP contribution in [0.4, 0.5) is 0 Å². The molecule has 0 radical (unpaired) electrons. The van der Waals surface area contributed by atoms with Crippen molar-refractivity contribution in [1.82, 2.24) is 0 Å². The van der Waals surface area contributed by atoms with E-state index in [2.05, 4.69) is 83.7 Å². The lowest BCUT2D eigenvalue weighted by Gasteiger charge is -2.29. The van der Waals surface area contributed by atoms with E-state index in [1.807, 2.05) is 0 Å². The second-order valence-electron chi connectivity index (χ2n) is 9.74. The fraction of sp³-hybridized carbons (Fsp3) is 0.533. The molecule has 31 heavy (non-hydrogen) atoms. The van der Waals surface area contributed by atoms with Crippen molar-refractivity contribution in [1.29, 1.82) is 0 Å². The average Bonchev–Trinajstić information content (AvgIpc) is 2.78. The van der Waals surface area contributed by atoms with Gasteiger partial charge in [0.2, 0.25) is 0 Å². The third-order valence-corrected chi connectivity index (χ3v) is 6.96. The Balaban J connectivity index is 2.26. The van der Waals surface area contributed by atoms with E-state index in [0.29, 0.717) is 11.7 Å². The number of benzene rings is 2. The highest BCUT2D eigenvalue weighted by atomic mass is 16.3. The highest BCUT2D eigenvalue weighted by molar-refractivity contribution is 5.71. The SMILES string of the molecule is C=C(CCCCCCCCC)c1cc(C(C)(C)c2ccccc2)cc(C(C)CC)c1O. The fourth-order valence-electron chi connectivity index (χ4n) is 4.33. The van der Waals surface area contributed by atoms with Crippen LogP contribution in [0.2, 0.25) is 0 Å². The molecule has 2 rings (SSSR count). The molecule has 0 aliphatic heterocycles. The standard InChI is InChI=1S/C30H44O/c1-7-9-10-11-12-13-15-18-24(4)28-22-26(21-27(29(28)31)23(3)8-2)30(5,6)25-19-16-14-17-20-25/h14,16-17,19-23,31H,4,7-13,15,18H2,1-3,5-6H3. The Morgan fingerprint density at radius 1 is 0.903 bits per heavy atom. The summed E-state index contributed by atoms with van der Waals surface area (Å²) in [4.78, 5) is 0. The van der Waals surface area contributed by atoms with E-state index in [-0.39, 0.29) is 5.41 Å². The summed E-state index contributed by atoms with van der Waals surface area (Å²) in [5.41, 5.74) is 5.48. The third-order valence-electron chi connectivity index (χ3n) is 6.96. The van der Waals surface area contributed by atoms with Crippen LogP contribution in [-0.2, 0) is 5.41 Å². The van der Waals surface area contributed by atoms with Crippen LogP contribution in [-0.4, -0.2) is 5.11 Å². The molecule has 0 fully saturated rings. The first kappa shape index (κ1) is 25.2. The summed E-state index contributed by atoms with van der Waals surface area (Å²) >= 11 is 0. The zero-order chi connectivity index (χ0) is 22.9. The van der Waals surface area contributed by atoms with Gasteiger partial charge in [-0.2, -0.15) is 0 Å². The van der Waals surface area contributed by atoms with Crippen molar-refractivity contribution < 1.29 is 5.11 Å². The van der Waals surface area contributed by atoms with Crippen LogP contribution in [0.15, 0.2) is 49.0 Å². The summed E-state index contributed by atoms with van der Waals surface area (Å²) in [6.07, 6.45) is 11.0. The van der Waals surface area contributed by atoms with Gasteiger partial charge in [0.05, 0.1) is 0 Å². The summed E-state index contributed by atoms with van der Waals surface area (Å²) in [6.45, 7) is 15.6. The molecule has 2 aromatic rings. The number of allylic oxidation sites excluding steroid dienone is 1. The van der Waals surface area contributed by atoms with Crippen molar-refractivity contribution in [3.05, 3.63) is 71.3 Å². The Bertz CT molecular complexity index is 816. The van der Waals surface area contributed by atoms with Gasteiger partial charge >= 0.3 is 0 Å². The molecule has 1 nitrogen and oxygen atoms in total. The Morgan fingerprint density at radius 2 is 1.52 bits per heavy atom. The lowest BCUT2D eigenvalue weighted by atomic mass is 9.75. The van der Waals surface area contributed by atoms with Gasteiger partial charge in [-0.05, 0) is 53.5 Å². The topological polar surface area (TPSA) is 20.2 Å². The highest BCUT2D eigenvalue weighted by Crippen LogP contribution is 2.41. The number of phenolic OH excluding ortho intramolecular Hbond substituents is 1. The molecule has 0 bridgehead atoms. The van der Waals surface area contributed by atoms with Crippen molar-refractivity contribution in [2.75, 3.05) is 0 Å². The molecule has 0 aromatic heterocycles. The number of hydrogen-bond acceptors (Lipinski definition) is 1. The third kappa shape index (κ3) is 6.73. The Hall–Kier alpha value is -2.02. The summed E-state index contributed by atoms with van der Waals surface area (Å²) in [7, 11) is 0. The molecule has 0 saturated carbocycles. The van der Waals surface area contributed by atoms with E-state index >= 15 is 0 Å². The van der Waals surface area contributed by atoms with Gasteiger partial charge in [-0.25, -0.2) is 0 Å². The smallest absolute Gasteiger partial charge is 0.126 e. The first-order valence-corrected chi connectivity index (χ1v) is 12.4. The first-order valence-electron chi connectivity index (χ1n) is 12.4. The number of rotatable bonds is 13. The average molecular weight is 421 g/mol. The molecule has 2 aromatic carbocycles. The van der Waals surface area contributed by atoms with Gasteiger partial charge in [-0.3, -0.25) is 0 Å². The van der Waals surface area contributed by atoms with Crippen LogP contribution in [0.25, 0.3) is 5.57 Å². The van der Waals surface area contributed by atoms with Gasteiger partial charge in [0.15, 0.2) is 0 Å². The lowest BCUT2D eigenvalue weighted by Crippen LogP contribution is -2.19. The van der Waals surface area contributed by atoms with Gasteiger partial charge in [0, 0.05) is 11.0 Å². The Labute approximate surface area is 191 Å². The van der Waals surface area contributed by atoms with Gasteiger partial charge in [-0.15, -0.1) is 0 Å². The van der Waals surface area contributed by atoms with Gasteiger partial charge < -0.3 is 5.11 Å². The molecule has 1 N–H and O–H groups in total. The maximum Gasteiger partial charge on any atom is 0.126 e. The van der Waals surface area contributed by atoms with Crippen LogP contribution in [0.1, 0.15) is 121 Å². The van der Waals surface area contributed by atoms with Crippen LogP contribution in [0, 0.1) is 0 Å². The number of hydrogen-bond donors (Lipinski definition) is 1. The molecule has 0 saturated heterocycles. The maximum absolute atomic E-state index is 11.2. The predicted octanol–water partition coefficient (Wildman–Crippen LogP) is 9.39. The number of phenols is 1. The minimum absolute atomic E-state index is 0.133. The Kier molecular flexibility index (Phi) is 9.88. The summed E-state index contributed by atoms with van der Waals surface area (Å²) in [6, 6.07) is 15.1. The van der Waals surface area contributed by atoms with Crippen LogP contribution >= 0.6 is 0 Å². The summed E-state index contributed by atoms with van der Waals surface area (Å²) < 4.78 is 0. The van der Waals surface area contributed by atoms with Gasteiger partial charge in [0.25, 0.3) is 0 Å². The zero-order valence-corrected chi connectivity index (χ0v) is 20.6. The molecule has 0 aliphatic rings. The van der Waals surface area contributed by atoms with E-state index < -0.39 is 0 Å². The predicted molar refractivity (Wildman–Crippen MR) is 137 cm³/mol. The lowest BCUT2D eigenvalue weighted by molar-refractivity contribution is 0.458. The highest BCUT2D eigenvalue weighted by Gasteiger charge is 2.26. The van der Waals surface area contributed by atoms with Gasteiger partial charge in [-0.1, -0.05) is 116 Å². The van der Waals surface area contributed by atoms with E-state index in [0.717, 1.165) is 36.0 Å². The molecule has 0 heterocycles. The Morgan fingerprint density at radius 3 is 2.13 bits per heavy atom. The zero-order valence-electron chi connectivity index (χ0n) is 20.6. The van der Waals surface area contributed by atoms with Crippen molar-refractivity contribution >= 4 is 5.57 Å². The fourth-order valence-corrected chi connectivity index (χ4v) is 4.33. The maximum atomic E-state index is 11.2. The summed E-state index contributed by atoms with van der Waals surface area (Å²) in [5.74, 6) is 0.756. The summed E-state index contributed by atoms with van der Waals surface area (Å²) in [5, 5.41) is 11.2. The molecule has 1 heteroatoms. The first-order chi connectivity index (χ1) is 14.8. The van der Waals surface area contributed by atoms with E-state index in [1.54, 1.807) is 0 Å². The quantitative estimate of drug-likeness (QED) is 0.320. The molecule has 1 unspecified atom stereocenters. The molecule has 0 aliphatic carbocycles.